The van der Waals surface area contributed by atoms with E-state index in [0.717, 1.165) is 29.7 Å². The average molecular weight is 470 g/mol. The predicted molar refractivity (Wildman–Crippen MR) is 137 cm³/mol. The lowest BCUT2D eigenvalue weighted by atomic mass is 9.86. The van der Waals surface area contributed by atoms with Crippen LogP contribution in [0.25, 0.3) is 11.0 Å². The molecule has 3 heterocycles. The number of benzene rings is 2. The number of hydrogen-bond donors (Lipinski definition) is 0. The highest BCUT2D eigenvalue weighted by Crippen LogP contribution is 2.39. The third-order valence-corrected chi connectivity index (χ3v) is 7.05. The monoisotopic (exact) mass is 469 g/mol. The molecule has 0 fully saturated rings. The van der Waals surface area contributed by atoms with Crippen LogP contribution in [0.3, 0.4) is 0 Å². The van der Waals surface area contributed by atoms with Crippen molar-refractivity contribution in [3.8, 4) is 0 Å². The molecule has 1 aliphatic heterocycles. The SMILES string of the molecule is Cc1cc2oc3c(c(=O)c2cc1C)C(c1ccc(C(C)(C)C)cc1)N(CCCn1ccnc1)C3=O. The Bertz CT molecular complexity index is 1460. The van der Waals surface area contributed by atoms with Crippen LogP contribution >= 0.6 is 0 Å². The van der Waals surface area contributed by atoms with Crippen molar-refractivity contribution >= 4 is 16.9 Å². The van der Waals surface area contributed by atoms with Gasteiger partial charge < -0.3 is 13.9 Å². The van der Waals surface area contributed by atoms with E-state index in [1.165, 1.54) is 5.56 Å². The first-order valence-electron chi connectivity index (χ1n) is 12.1. The van der Waals surface area contributed by atoms with Crippen molar-refractivity contribution in [1.29, 1.82) is 0 Å². The average Bonchev–Trinajstić information content (AvgIpc) is 3.42. The fourth-order valence-electron chi connectivity index (χ4n) is 4.86. The van der Waals surface area contributed by atoms with Crippen LogP contribution in [-0.4, -0.2) is 26.9 Å². The van der Waals surface area contributed by atoms with Gasteiger partial charge in [0, 0.05) is 25.5 Å². The largest absolute Gasteiger partial charge is 0.450 e. The van der Waals surface area contributed by atoms with Gasteiger partial charge in [0.25, 0.3) is 5.91 Å². The molecule has 0 saturated heterocycles. The zero-order chi connectivity index (χ0) is 24.9. The van der Waals surface area contributed by atoms with E-state index in [0.29, 0.717) is 23.1 Å². The smallest absolute Gasteiger partial charge is 0.290 e. The number of rotatable bonds is 5. The number of aryl methyl sites for hydroxylation is 3. The van der Waals surface area contributed by atoms with E-state index < -0.39 is 6.04 Å². The first kappa shape index (κ1) is 23.1. The zero-order valence-electron chi connectivity index (χ0n) is 21.0. The van der Waals surface area contributed by atoms with Crippen molar-refractivity contribution in [2.45, 2.75) is 59.0 Å². The van der Waals surface area contributed by atoms with E-state index in [-0.39, 0.29) is 22.5 Å². The van der Waals surface area contributed by atoms with Gasteiger partial charge >= 0.3 is 0 Å². The Morgan fingerprint density at radius 1 is 1.00 bits per heavy atom. The van der Waals surface area contributed by atoms with Gasteiger partial charge in [0.05, 0.1) is 23.3 Å². The van der Waals surface area contributed by atoms with Gasteiger partial charge in [0.2, 0.25) is 5.76 Å². The van der Waals surface area contributed by atoms with Gasteiger partial charge in [0.1, 0.15) is 5.58 Å². The van der Waals surface area contributed by atoms with Crippen molar-refractivity contribution in [2.24, 2.45) is 0 Å². The lowest BCUT2D eigenvalue weighted by molar-refractivity contribution is 0.0723. The molecule has 1 amide bonds. The second kappa shape index (κ2) is 8.52. The van der Waals surface area contributed by atoms with E-state index in [4.69, 9.17) is 4.42 Å². The number of imidazole rings is 1. The molecular weight excluding hydrogens is 438 g/mol. The van der Waals surface area contributed by atoms with Crippen molar-refractivity contribution in [1.82, 2.24) is 14.5 Å². The van der Waals surface area contributed by atoms with E-state index in [1.807, 2.05) is 48.9 Å². The Labute approximate surface area is 205 Å². The van der Waals surface area contributed by atoms with Crippen molar-refractivity contribution in [2.75, 3.05) is 6.54 Å². The molecule has 2 aromatic heterocycles. The number of fused-ring (bicyclic) bond motifs is 2. The fraction of sp³-hybridized carbons (Fsp3) is 0.345. The second-order valence-corrected chi connectivity index (χ2v) is 10.5. The van der Waals surface area contributed by atoms with Crippen LogP contribution in [0.2, 0.25) is 0 Å². The first-order valence-corrected chi connectivity index (χ1v) is 12.1. The summed E-state index contributed by atoms with van der Waals surface area (Å²) in [5.41, 5.74) is 4.97. The molecule has 6 nitrogen and oxygen atoms in total. The fourth-order valence-corrected chi connectivity index (χ4v) is 4.86. The number of amides is 1. The Hall–Kier alpha value is -3.67. The number of nitrogens with zero attached hydrogens (tertiary/aromatic N) is 3. The minimum Gasteiger partial charge on any atom is -0.450 e. The molecule has 0 bridgehead atoms. The summed E-state index contributed by atoms with van der Waals surface area (Å²) in [5.74, 6) is -0.0639. The van der Waals surface area contributed by atoms with Gasteiger partial charge in [-0.15, -0.1) is 0 Å². The van der Waals surface area contributed by atoms with E-state index >= 15 is 0 Å². The van der Waals surface area contributed by atoms with Gasteiger partial charge in [-0.05, 0) is 60.1 Å². The molecule has 0 N–H and O–H groups in total. The van der Waals surface area contributed by atoms with E-state index in [1.54, 1.807) is 17.4 Å². The van der Waals surface area contributed by atoms with Crippen LogP contribution in [0.1, 0.15) is 71.6 Å². The summed E-state index contributed by atoms with van der Waals surface area (Å²) in [6.07, 6.45) is 6.16. The van der Waals surface area contributed by atoms with Gasteiger partial charge in [-0.3, -0.25) is 9.59 Å². The van der Waals surface area contributed by atoms with Crippen LogP contribution in [0.5, 0.6) is 0 Å². The van der Waals surface area contributed by atoms with Gasteiger partial charge in [0.15, 0.2) is 5.43 Å². The molecule has 0 radical (unpaired) electrons. The number of carbonyl (C=O) groups excluding carboxylic acids is 1. The first-order chi connectivity index (χ1) is 16.6. The molecule has 180 valence electrons. The molecular formula is C29H31N3O3. The lowest BCUT2D eigenvalue weighted by Gasteiger charge is -2.26. The summed E-state index contributed by atoms with van der Waals surface area (Å²) >= 11 is 0. The zero-order valence-corrected chi connectivity index (χ0v) is 21.0. The molecule has 0 aliphatic carbocycles. The molecule has 2 aromatic carbocycles. The predicted octanol–water partition coefficient (Wildman–Crippen LogP) is 5.54. The van der Waals surface area contributed by atoms with Crippen LogP contribution in [-0.2, 0) is 12.0 Å². The van der Waals surface area contributed by atoms with Crippen LogP contribution in [0.15, 0.2) is 64.3 Å². The van der Waals surface area contributed by atoms with Gasteiger partial charge in [-0.25, -0.2) is 4.98 Å². The summed E-state index contributed by atoms with van der Waals surface area (Å²) in [6, 6.07) is 11.5. The molecule has 1 unspecified atom stereocenters. The third-order valence-electron chi connectivity index (χ3n) is 7.05. The molecule has 4 aromatic rings. The van der Waals surface area contributed by atoms with Crippen LogP contribution < -0.4 is 5.43 Å². The van der Waals surface area contributed by atoms with Gasteiger partial charge in [-0.1, -0.05) is 45.0 Å². The Kier molecular flexibility index (Phi) is 5.62. The van der Waals surface area contributed by atoms with Crippen LogP contribution in [0, 0.1) is 13.8 Å². The molecule has 0 spiro atoms. The Morgan fingerprint density at radius 3 is 2.37 bits per heavy atom. The number of carbonyl (C=O) groups is 1. The second-order valence-electron chi connectivity index (χ2n) is 10.5. The summed E-state index contributed by atoms with van der Waals surface area (Å²) in [6.45, 7) is 11.7. The van der Waals surface area contributed by atoms with Crippen molar-refractivity contribution in [3.05, 3.63) is 98.9 Å². The molecule has 35 heavy (non-hydrogen) atoms. The molecule has 6 heteroatoms. The highest BCUT2D eigenvalue weighted by Gasteiger charge is 2.42. The van der Waals surface area contributed by atoms with Crippen LogP contribution in [0.4, 0.5) is 0 Å². The maximum absolute atomic E-state index is 13.8. The molecule has 1 atom stereocenters. The summed E-state index contributed by atoms with van der Waals surface area (Å²) in [7, 11) is 0. The number of aromatic nitrogens is 2. The Balaban J connectivity index is 1.61. The molecule has 5 rings (SSSR count). The summed E-state index contributed by atoms with van der Waals surface area (Å²) in [5, 5.41) is 0.524. The minimum atomic E-state index is -0.475. The normalized spacial score (nSPS) is 15.7. The standard InChI is InChI=1S/C29H31N3O3/c1-18-15-22-23(16-19(18)2)35-27-24(26(22)33)25(20-7-9-21(10-8-20)29(3,4)5)32(28(27)34)13-6-12-31-14-11-30-17-31/h7-11,14-17,25H,6,12-13H2,1-5H3. The van der Waals surface area contributed by atoms with Crippen molar-refractivity contribution in [3.63, 3.8) is 0 Å². The highest BCUT2D eigenvalue weighted by atomic mass is 16.3. The van der Waals surface area contributed by atoms with E-state index in [2.05, 4.69) is 37.9 Å². The lowest BCUT2D eigenvalue weighted by Crippen LogP contribution is -2.31. The maximum Gasteiger partial charge on any atom is 0.290 e. The molecule has 0 saturated carbocycles. The van der Waals surface area contributed by atoms with Crippen molar-refractivity contribution < 1.29 is 9.21 Å². The molecule has 1 aliphatic rings. The Morgan fingerprint density at radius 2 is 1.71 bits per heavy atom. The highest BCUT2D eigenvalue weighted by molar-refractivity contribution is 5.99. The summed E-state index contributed by atoms with van der Waals surface area (Å²) < 4.78 is 8.13. The maximum atomic E-state index is 13.8. The quantitative estimate of drug-likeness (QED) is 0.385. The third kappa shape index (κ3) is 4.07. The van der Waals surface area contributed by atoms with E-state index in [9.17, 15) is 9.59 Å². The number of hydrogen-bond acceptors (Lipinski definition) is 4. The topological polar surface area (TPSA) is 68.3 Å². The summed E-state index contributed by atoms with van der Waals surface area (Å²) in [4.78, 5) is 33.3. The minimum absolute atomic E-state index is 0.0109. The van der Waals surface area contributed by atoms with Gasteiger partial charge in [-0.2, -0.15) is 0 Å².